The van der Waals surface area contributed by atoms with Crippen LogP contribution in [-0.4, -0.2) is 25.1 Å². The van der Waals surface area contributed by atoms with E-state index in [2.05, 4.69) is 24.5 Å². The smallest absolute Gasteiger partial charge is 0.237 e. The Bertz CT molecular complexity index is 446. The lowest BCUT2D eigenvalue weighted by Gasteiger charge is -2.15. The van der Waals surface area contributed by atoms with Crippen molar-refractivity contribution in [3.63, 3.8) is 0 Å². The molecule has 1 fully saturated rings. The maximum Gasteiger partial charge on any atom is 0.237 e. The van der Waals surface area contributed by atoms with Gasteiger partial charge in [-0.2, -0.15) is 0 Å². The number of carbonyl (C=O) groups is 1. The molecule has 1 amide bonds. The molecule has 1 aliphatic rings. The fourth-order valence-corrected chi connectivity index (χ4v) is 2.26. The molecule has 1 aromatic rings. The second-order valence-electron chi connectivity index (χ2n) is 5.68. The summed E-state index contributed by atoms with van der Waals surface area (Å²) >= 11 is 0. The first-order valence-corrected chi connectivity index (χ1v) is 7.38. The van der Waals surface area contributed by atoms with Crippen LogP contribution in [0.1, 0.15) is 32.3 Å². The number of nitrogens with one attached hydrogen (secondary N) is 2. The van der Waals surface area contributed by atoms with Crippen molar-refractivity contribution in [3.8, 4) is 5.75 Å². The summed E-state index contributed by atoms with van der Waals surface area (Å²) in [7, 11) is 0. The number of para-hydroxylation sites is 1. The van der Waals surface area contributed by atoms with Gasteiger partial charge < -0.3 is 15.4 Å². The van der Waals surface area contributed by atoms with E-state index in [9.17, 15) is 4.79 Å². The Balaban J connectivity index is 0.00000220. The number of amides is 1. The van der Waals surface area contributed by atoms with Gasteiger partial charge in [-0.05, 0) is 31.4 Å². The third-order valence-corrected chi connectivity index (χ3v) is 3.37. The van der Waals surface area contributed by atoms with Crippen molar-refractivity contribution in [1.29, 1.82) is 0 Å². The Morgan fingerprint density at radius 2 is 2.19 bits per heavy atom. The number of ether oxygens (including phenoxy) is 1. The van der Waals surface area contributed by atoms with Crippen molar-refractivity contribution in [2.75, 3.05) is 13.2 Å². The molecule has 1 aliphatic heterocycles. The Hall–Kier alpha value is -1.26. The van der Waals surface area contributed by atoms with Gasteiger partial charge >= 0.3 is 0 Å². The van der Waals surface area contributed by atoms with Crippen LogP contribution in [0.25, 0.3) is 0 Å². The lowest BCUT2D eigenvalue weighted by atomic mass is 10.1. The van der Waals surface area contributed by atoms with Gasteiger partial charge in [0.05, 0.1) is 12.6 Å². The number of carbonyl (C=O) groups excluding carboxylic acids is 1. The van der Waals surface area contributed by atoms with Crippen molar-refractivity contribution >= 4 is 18.3 Å². The fourth-order valence-electron chi connectivity index (χ4n) is 2.26. The highest BCUT2D eigenvalue weighted by Gasteiger charge is 2.21. The van der Waals surface area contributed by atoms with Crippen LogP contribution in [0.4, 0.5) is 0 Å². The number of hydrogen-bond acceptors (Lipinski definition) is 3. The molecule has 1 aromatic carbocycles. The summed E-state index contributed by atoms with van der Waals surface area (Å²) in [6.07, 6.45) is 2.00. The van der Waals surface area contributed by atoms with E-state index in [4.69, 9.17) is 4.74 Å². The largest absolute Gasteiger partial charge is 0.493 e. The lowest BCUT2D eigenvalue weighted by molar-refractivity contribution is -0.122. The van der Waals surface area contributed by atoms with E-state index in [1.807, 2.05) is 24.3 Å². The van der Waals surface area contributed by atoms with Crippen LogP contribution in [0, 0.1) is 5.92 Å². The molecule has 0 aliphatic carbocycles. The van der Waals surface area contributed by atoms with Gasteiger partial charge in [-0.1, -0.05) is 32.0 Å². The maximum absolute atomic E-state index is 12.0. The quantitative estimate of drug-likeness (QED) is 0.848. The van der Waals surface area contributed by atoms with Gasteiger partial charge in [-0.3, -0.25) is 4.79 Å². The topological polar surface area (TPSA) is 50.4 Å². The minimum Gasteiger partial charge on any atom is -0.493 e. The molecule has 2 N–H and O–H groups in total. The minimum atomic E-state index is -0.0289. The van der Waals surface area contributed by atoms with Crippen molar-refractivity contribution in [2.45, 2.75) is 39.3 Å². The van der Waals surface area contributed by atoms with Crippen LogP contribution >= 0.6 is 12.4 Å². The average Bonchev–Trinajstić information content (AvgIpc) is 2.97. The monoisotopic (exact) mass is 312 g/mol. The minimum absolute atomic E-state index is 0. The maximum atomic E-state index is 12.0. The van der Waals surface area contributed by atoms with Crippen LogP contribution < -0.4 is 15.4 Å². The first-order valence-electron chi connectivity index (χ1n) is 7.38. The van der Waals surface area contributed by atoms with Crippen LogP contribution in [-0.2, 0) is 11.3 Å². The van der Waals surface area contributed by atoms with Gasteiger partial charge in [0.15, 0.2) is 0 Å². The second-order valence-corrected chi connectivity index (χ2v) is 5.68. The summed E-state index contributed by atoms with van der Waals surface area (Å²) in [5.41, 5.74) is 1.03. The number of rotatable bonds is 6. The molecule has 0 aromatic heterocycles. The molecule has 0 saturated carbocycles. The molecule has 0 radical (unpaired) electrons. The van der Waals surface area contributed by atoms with Gasteiger partial charge in [-0.15, -0.1) is 12.4 Å². The predicted octanol–water partition coefficient (Wildman–Crippen LogP) is 2.51. The zero-order chi connectivity index (χ0) is 14.4. The molecule has 1 atom stereocenters. The van der Waals surface area contributed by atoms with E-state index in [1.54, 1.807) is 0 Å². The Kier molecular flexibility index (Phi) is 7.54. The van der Waals surface area contributed by atoms with Crippen LogP contribution in [0.2, 0.25) is 0 Å². The molecule has 5 heteroatoms. The van der Waals surface area contributed by atoms with Gasteiger partial charge in [-0.25, -0.2) is 0 Å². The highest BCUT2D eigenvalue weighted by atomic mass is 35.5. The summed E-state index contributed by atoms with van der Waals surface area (Å²) in [6.45, 7) is 6.39. The summed E-state index contributed by atoms with van der Waals surface area (Å²) < 4.78 is 5.79. The zero-order valence-electron chi connectivity index (χ0n) is 12.7. The highest BCUT2D eigenvalue weighted by Crippen LogP contribution is 2.18. The van der Waals surface area contributed by atoms with E-state index in [1.165, 1.54) is 0 Å². The molecule has 0 spiro atoms. The first-order chi connectivity index (χ1) is 9.66. The molecule has 21 heavy (non-hydrogen) atoms. The fraction of sp³-hybridized carbons (Fsp3) is 0.562. The van der Waals surface area contributed by atoms with E-state index >= 15 is 0 Å². The molecular formula is C16H25ClN2O2. The van der Waals surface area contributed by atoms with E-state index < -0.39 is 0 Å². The first kappa shape index (κ1) is 17.8. The van der Waals surface area contributed by atoms with Crippen LogP contribution in [0.3, 0.4) is 0 Å². The number of hydrogen-bond donors (Lipinski definition) is 2. The Morgan fingerprint density at radius 3 is 2.86 bits per heavy atom. The second kappa shape index (κ2) is 8.90. The molecule has 1 unspecified atom stereocenters. The van der Waals surface area contributed by atoms with Crippen molar-refractivity contribution in [3.05, 3.63) is 29.8 Å². The third kappa shape index (κ3) is 5.56. The molecule has 0 bridgehead atoms. The summed E-state index contributed by atoms with van der Waals surface area (Å²) in [5, 5.41) is 6.19. The third-order valence-electron chi connectivity index (χ3n) is 3.37. The van der Waals surface area contributed by atoms with E-state index in [0.29, 0.717) is 19.1 Å². The van der Waals surface area contributed by atoms with Gasteiger partial charge in [0, 0.05) is 12.1 Å². The van der Waals surface area contributed by atoms with Crippen LogP contribution in [0.5, 0.6) is 5.75 Å². The summed E-state index contributed by atoms with van der Waals surface area (Å²) in [4.78, 5) is 12.0. The standard InChI is InChI=1S/C16H24N2O2.ClH/c1-12(2)11-20-15-8-4-3-6-13(15)10-18-16(19)14-7-5-9-17-14;/h3-4,6,8,12,14,17H,5,7,9-11H2,1-2H3,(H,18,19);1H. The number of halogens is 1. The predicted molar refractivity (Wildman–Crippen MR) is 86.9 cm³/mol. The van der Waals surface area contributed by atoms with Gasteiger partial charge in [0.2, 0.25) is 5.91 Å². The summed E-state index contributed by atoms with van der Waals surface area (Å²) in [6, 6.07) is 7.85. The Morgan fingerprint density at radius 1 is 1.43 bits per heavy atom. The van der Waals surface area contributed by atoms with E-state index in [0.717, 1.165) is 30.7 Å². The van der Waals surface area contributed by atoms with Crippen molar-refractivity contribution in [2.24, 2.45) is 5.92 Å². The molecular weight excluding hydrogens is 288 g/mol. The molecule has 1 heterocycles. The average molecular weight is 313 g/mol. The van der Waals surface area contributed by atoms with Crippen molar-refractivity contribution in [1.82, 2.24) is 10.6 Å². The van der Waals surface area contributed by atoms with Crippen molar-refractivity contribution < 1.29 is 9.53 Å². The molecule has 2 rings (SSSR count). The zero-order valence-corrected chi connectivity index (χ0v) is 13.5. The summed E-state index contributed by atoms with van der Waals surface area (Å²) in [5.74, 6) is 1.43. The van der Waals surface area contributed by atoms with Gasteiger partial charge in [0.1, 0.15) is 5.75 Å². The highest BCUT2D eigenvalue weighted by molar-refractivity contribution is 5.85. The normalized spacial score (nSPS) is 17.4. The van der Waals surface area contributed by atoms with Crippen LogP contribution in [0.15, 0.2) is 24.3 Å². The molecule has 1 saturated heterocycles. The SMILES string of the molecule is CC(C)COc1ccccc1CNC(=O)C1CCCN1.Cl. The molecule has 4 nitrogen and oxygen atoms in total. The van der Waals surface area contributed by atoms with E-state index in [-0.39, 0.29) is 24.4 Å². The van der Waals surface area contributed by atoms with Gasteiger partial charge in [0.25, 0.3) is 0 Å². The Labute approximate surface area is 133 Å². The molecule has 118 valence electrons. The number of benzene rings is 1. The lowest BCUT2D eigenvalue weighted by Crippen LogP contribution is -2.40.